The van der Waals surface area contributed by atoms with Crippen LogP contribution in [0.4, 0.5) is 17.8 Å². The summed E-state index contributed by atoms with van der Waals surface area (Å²) < 4.78 is 24.9. The molecule has 1 saturated heterocycles. The first-order chi connectivity index (χ1) is 10.0. The summed E-state index contributed by atoms with van der Waals surface area (Å²) in [5, 5.41) is 2.87. The summed E-state index contributed by atoms with van der Waals surface area (Å²) in [6.07, 6.45) is 2.19. The fraction of sp³-hybridized carbons (Fsp3) is 0.700. The Balaban J connectivity index is 2.06. The van der Waals surface area contributed by atoms with Gasteiger partial charge < -0.3 is 10.2 Å². The number of hydrogen-bond acceptors (Lipinski definition) is 9. The quantitative estimate of drug-likeness (QED) is 0.358. The number of anilines is 3. The maximum absolute atomic E-state index is 11.3. The number of hydrazine groups is 1. The molecule has 0 atom stereocenters. The van der Waals surface area contributed by atoms with E-state index in [1.54, 1.807) is 0 Å². The van der Waals surface area contributed by atoms with Crippen LogP contribution in [-0.2, 0) is 10.0 Å². The first kappa shape index (κ1) is 15.7. The van der Waals surface area contributed by atoms with Crippen LogP contribution in [0, 0.1) is 0 Å². The van der Waals surface area contributed by atoms with Crippen LogP contribution in [0.1, 0.15) is 12.8 Å². The summed E-state index contributed by atoms with van der Waals surface area (Å²) in [5.41, 5.74) is 2.39. The van der Waals surface area contributed by atoms with E-state index in [0.717, 1.165) is 25.9 Å². The van der Waals surface area contributed by atoms with E-state index in [1.165, 1.54) is 7.05 Å². The normalized spacial score (nSPS) is 15.2. The molecule has 1 fully saturated rings. The van der Waals surface area contributed by atoms with Crippen molar-refractivity contribution in [1.82, 2.24) is 19.7 Å². The molecule has 11 heteroatoms. The number of rotatable bonds is 7. The number of nitrogen functional groups attached to an aromatic ring is 1. The maximum Gasteiger partial charge on any atom is 0.243 e. The lowest BCUT2D eigenvalue weighted by atomic mass is 10.4. The van der Waals surface area contributed by atoms with Crippen LogP contribution in [0.15, 0.2) is 0 Å². The highest BCUT2D eigenvalue weighted by Crippen LogP contribution is 2.18. The average Bonchev–Trinajstić information content (AvgIpc) is 3.01. The summed E-state index contributed by atoms with van der Waals surface area (Å²) in [6, 6.07) is 0. The van der Waals surface area contributed by atoms with Crippen molar-refractivity contribution in [3.8, 4) is 0 Å². The molecule has 21 heavy (non-hydrogen) atoms. The van der Waals surface area contributed by atoms with Crippen molar-refractivity contribution < 1.29 is 8.42 Å². The Labute approximate surface area is 123 Å². The van der Waals surface area contributed by atoms with E-state index in [-0.39, 0.29) is 18.2 Å². The van der Waals surface area contributed by atoms with Crippen molar-refractivity contribution in [3.63, 3.8) is 0 Å². The zero-order chi connectivity index (χ0) is 15.3. The molecule has 1 aromatic heterocycles. The summed E-state index contributed by atoms with van der Waals surface area (Å²) in [7, 11) is -1.89. The Morgan fingerprint density at radius 1 is 1.19 bits per heavy atom. The Kier molecular flexibility index (Phi) is 5.09. The van der Waals surface area contributed by atoms with Crippen LogP contribution >= 0.6 is 0 Å². The van der Waals surface area contributed by atoms with Crippen molar-refractivity contribution >= 4 is 27.9 Å². The minimum atomic E-state index is -3.27. The zero-order valence-corrected chi connectivity index (χ0v) is 12.7. The van der Waals surface area contributed by atoms with Gasteiger partial charge in [-0.15, -0.1) is 0 Å². The highest BCUT2D eigenvalue weighted by atomic mass is 32.2. The fourth-order valence-electron chi connectivity index (χ4n) is 1.97. The molecule has 0 radical (unpaired) electrons. The van der Waals surface area contributed by atoms with Crippen LogP contribution in [-0.4, -0.2) is 55.8 Å². The van der Waals surface area contributed by atoms with E-state index in [0.29, 0.717) is 11.9 Å². The second kappa shape index (κ2) is 6.83. The van der Waals surface area contributed by atoms with Gasteiger partial charge in [0.25, 0.3) is 0 Å². The van der Waals surface area contributed by atoms with E-state index in [1.807, 2.05) is 4.90 Å². The summed E-state index contributed by atoms with van der Waals surface area (Å²) >= 11 is 0. The van der Waals surface area contributed by atoms with Gasteiger partial charge in [0, 0.05) is 19.6 Å². The lowest BCUT2D eigenvalue weighted by molar-refractivity contribution is 0.588. The molecule has 0 saturated carbocycles. The molecule has 0 bridgehead atoms. The predicted octanol–water partition coefficient (Wildman–Crippen LogP) is -1.28. The molecule has 5 N–H and O–H groups in total. The number of nitrogens with zero attached hydrogens (tertiary/aromatic N) is 4. The standard InChI is InChI=1S/C10H20N8O2S/c1-12-21(19,20)7-4-13-8-14-9(17-11)16-10(15-8)18-5-2-3-6-18/h12H,2-7,11H2,1H3,(H2,13,14,15,16,17). The minimum absolute atomic E-state index is 0.0698. The third-order valence-electron chi connectivity index (χ3n) is 3.11. The molecule has 0 unspecified atom stereocenters. The second-order valence-electron chi connectivity index (χ2n) is 4.57. The molecule has 10 nitrogen and oxygen atoms in total. The van der Waals surface area contributed by atoms with Gasteiger partial charge in [0.1, 0.15) is 0 Å². The van der Waals surface area contributed by atoms with E-state index in [4.69, 9.17) is 5.84 Å². The van der Waals surface area contributed by atoms with Gasteiger partial charge in [-0.25, -0.2) is 19.0 Å². The summed E-state index contributed by atoms with van der Waals surface area (Å²) in [5.74, 6) is 6.36. The number of sulfonamides is 1. The van der Waals surface area contributed by atoms with Crippen molar-refractivity contribution in [2.24, 2.45) is 5.84 Å². The van der Waals surface area contributed by atoms with Crippen LogP contribution in [0.25, 0.3) is 0 Å². The summed E-state index contributed by atoms with van der Waals surface area (Å²) in [6.45, 7) is 1.97. The molecule has 0 aromatic carbocycles. The molecule has 1 aliphatic heterocycles. The van der Waals surface area contributed by atoms with Gasteiger partial charge >= 0.3 is 0 Å². The Hall–Kier alpha value is -1.72. The molecule has 118 valence electrons. The molecule has 1 aliphatic rings. The molecule has 1 aromatic rings. The molecule has 2 rings (SSSR count). The second-order valence-corrected chi connectivity index (χ2v) is 6.62. The first-order valence-corrected chi connectivity index (χ1v) is 8.32. The van der Waals surface area contributed by atoms with Crippen molar-refractivity contribution in [2.75, 3.05) is 48.1 Å². The number of nitrogens with two attached hydrogens (primary N) is 1. The summed E-state index contributed by atoms with van der Waals surface area (Å²) in [4.78, 5) is 14.6. The number of hydrogen-bond donors (Lipinski definition) is 4. The van der Waals surface area contributed by atoms with Gasteiger partial charge in [-0.1, -0.05) is 0 Å². The van der Waals surface area contributed by atoms with Crippen LogP contribution in [0.5, 0.6) is 0 Å². The van der Waals surface area contributed by atoms with E-state index in [9.17, 15) is 8.42 Å². The van der Waals surface area contributed by atoms with Crippen molar-refractivity contribution in [1.29, 1.82) is 0 Å². The SMILES string of the molecule is CNS(=O)(=O)CCNc1nc(NN)nc(N2CCCC2)n1. The molecule has 0 spiro atoms. The van der Waals surface area contributed by atoms with Gasteiger partial charge in [0.2, 0.25) is 27.9 Å². The lowest BCUT2D eigenvalue weighted by Gasteiger charge is -2.16. The fourth-order valence-corrected chi connectivity index (χ4v) is 2.54. The van der Waals surface area contributed by atoms with Crippen LogP contribution < -0.4 is 26.2 Å². The Morgan fingerprint density at radius 2 is 1.86 bits per heavy atom. The van der Waals surface area contributed by atoms with Gasteiger partial charge in [-0.3, -0.25) is 5.43 Å². The highest BCUT2D eigenvalue weighted by Gasteiger charge is 2.17. The predicted molar refractivity (Wildman–Crippen MR) is 80.4 cm³/mol. The average molecular weight is 316 g/mol. The molecular weight excluding hydrogens is 296 g/mol. The molecule has 2 heterocycles. The van der Waals surface area contributed by atoms with Gasteiger partial charge in [0.05, 0.1) is 5.75 Å². The number of nitrogens with one attached hydrogen (secondary N) is 3. The molecular formula is C10H20N8O2S. The van der Waals surface area contributed by atoms with E-state index >= 15 is 0 Å². The maximum atomic E-state index is 11.3. The largest absolute Gasteiger partial charge is 0.353 e. The van der Waals surface area contributed by atoms with Gasteiger partial charge in [-0.2, -0.15) is 15.0 Å². The van der Waals surface area contributed by atoms with Crippen molar-refractivity contribution in [3.05, 3.63) is 0 Å². The smallest absolute Gasteiger partial charge is 0.243 e. The third kappa shape index (κ3) is 4.37. The Morgan fingerprint density at radius 3 is 2.48 bits per heavy atom. The highest BCUT2D eigenvalue weighted by molar-refractivity contribution is 7.89. The van der Waals surface area contributed by atoms with Gasteiger partial charge in [-0.05, 0) is 19.9 Å². The first-order valence-electron chi connectivity index (χ1n) is 6.67. The monoisotopic (exact) mass is 316 g/mol. The molecule has 0 aliphatic carbocycles. The Bertz CT molecular complexity index is 572. The van der Waals surface area contributed by atoms with Crippen LogP contribution in [0.2, 0.25) is 0 Å². The number of aromatic nitrogens is 3. The van der Waals surface area contributed by atoms with Gasteiger partial charge in [0.15, 0.2) is 0 Å². The third-order valence-corrected chi connectivity index (χ3v) is 4.47. The van der Waals surface area contributed by atoms with Crippen LogP contribution in [0.3, 0.4) is 0 Å². The van der Waals surface area contributed by atoms with Crippen molar-refractivity contribution in [2.45, 2.75) is 12.8 Å². The van der Waals surface area contributed by atoms with E-state index in [2.05, 4.69) is 30.4 Å². The zero-order valence-electron chi connectivity index (χ0n) is 11.8. The molecule has 0 amide bonds. The van der Waals surface area contributed by atoms with E-state index < -0.39 is 10.0 Å². The lowest BCUT2D eigenvalue weighted by Crippen LogP contribution is -2.27. The topological polar surface area (TPSA) is 138 Å². The minimum Gasteiger partial charge on any atom is -0.353 e.